The Morgan fingerprint density at radius 2 is 2.00 bits per heavy atom. The quantitative estimate of drug-likeness (QED) is 0.822. The van der Waals surface area contributed by atoms with E-state index in [1.165, 1.54) is 5.56 Å². The topological polar surface area (TPSA) is 40.6 Å². The van der Waals surface area contributed by atoms with E-state index in [1.54, 1.807) is 11.8 Å². The number of amides is 2. The Morgan fingerprint density at radius 3 is 2.75 bits per heavy atom. The van der Waals surface area contributed by atoms with Gasteiger partial charge in [-0.25, -0.2) is 0 Å². The van der Waals surface area contributed by atoms with Gasteiger partial charge in [-0.2, -0.15) is 11.8 Å². The minimum atomic E-state index is -0.316. The number of carbonyl (C=O) groups excluding carboxylic acids is 2. The Hall–Kier alpha value is -1.49. The van der Waals surface area contributed by atoms with E-state index in [4.69, 9.17) is 0 Å². The van der Waals surface area contributed by atoms with E-state index in [9.17, 15) is 9.59 Å². The van der Waals surface area contributed by atoms with Gasteiger partial charge in [-0.1, -0.05) is 30.3 Å². The molecule has 2 aliphatic rings. The van der Waals surface area contributed by atoms with E-state index in [1.807, 2.05) is 34.3 Å². The highest BCUT2D eigenvalue weighted by molar-refractivity contribution is 7.99. The highest BCUT2D eigenvalue weighted by Crippen LogP contribution is 2.40. The second-order valence-electron chi connectivity index (χ2n) is 6.91. The molecule has 2 heterocycles. The van der Waals surface area contributed by atoms with Crippen LogP contribution in [0.4, 0.5) is 0 Å². The molecule has 5 heteroatoms. The minimum Gasteiger partial charge on any atom is -0.342 e. The maximum Gasteiger partial charge on any atom is 0.232 e. The summed E-state index contributed by atoms with van der Waals surface area (Å²) in [4.78, 5) is 29.2. The van der Waals surface area contributed by atoms with Crippen molar-refractivity contribution in [2.45, 2.75) is 25.7 Å². The Morgan fingerprint density at radius 1 is 1.21 bits per heavy atom. The number of likely N-dealkylation sites (tertiary alicyclic amines) is 2. The largest absolute Gasteiger partial charge is 0.342 e. The van der Waals surface area contributed by atoms with Gasteiger partial charge in [0.1, 0.15) is 0 Å². The molecular weight excluding hydrogens is 320 g/mol. The summed E-state index contributed by atoms with van der Waals surface area (Å²) in [5.74, 6) is 0.958. The molecule has 0 N–H and O–H groups in total. The lowest BCUT2D eigenvalue weighted by atomic mass is 9.78. The van der Waals surface area contributed by atoms with Crippen molar-refractivity contribution in [3.05, 3.63) is 35.9 Å². The van der Waals surface area contributed by atoms with Crippen molar-refractivity contribution < 1.29 is 9.59 Å². The average Bonchev–Trinajstić information content (AvgIpc) is 3.03. The van der Waals surface area contributed by atoms with Crippen LogP contribution in [0.3, 0.4) is 0 Å². The number of nitrogens with zero attached hydrogens (tertiary/aromatic N) is 2. The molecule has 1 aromatic carbocycles. The zero-order chi connectivity index (χ0) is 17.0. The molecular formula is C19H26N2O2S. The molecule has 0 saturated carbocycles. The molecule has 0 aliphatic carbocycles. The van der Waals surface area contributed by atoms with E-state index >= 15 is 0 Å². The maximum absolute atomic E-state index is 13.1. The molecule has 3 rings (SSSR count). The normalized spacial score (nSPS) is 24.0. The van der Waals surface area contributed by atoms with Crippen LogP contribution in [0.15, 0.2) is 30.3 Å². The van der Waals surface area contributed by atoms with Gasteiger partial charge in [-0.15, -0.1) is 0 Å². The predicted octanol–water partition coefficient (Wildman–Crippen LogP) is 2.43. The summed E-state index contributed by atoms with van der Waals surface area (Å²) >= 11 is 1.55. The average molecular weight is 346 g/mol. The molecule has 24 heavy (non-hydrogen) atoms. The van der Waals surface area contributed by atoms with E-state index < -0.39 is 0 Å². The van der Waals surface area contributed by atoms with Gasteiger partial charge in [-0.05, 0) is 37.5 Å². The smallest absolute Gasteiger partial charge is 0.232 e. The summed E-state index contributed by atoms with van der Waals surface area (Å²) in [6.45, 7) is 2.99. The SMILES string of the molecule is CSCC(=O)N1CCC2(CCCN(CCc3ccccc3)C2=O)C1. The molecule has 2 amide bonds. The van der Waals surface area contributed by atoms with Crippen molar-refractivity contribution in [2.75, 3.05) is 38.2 Å². The standard InChI is InChI=1S/C19H26N2O2S/c1-24-14-17(22)21-13-10-19(15-21)9-5-11-20(18(19)23)12-8-16-6-3-2-4-7-16/h2-4,6-7H,5,8-15H2,1H3. The Labute approximate surface area is 148 Å². The van der Waals surface area contributed by atoms with Crippen LogP contribution in [0, 0.1) is 5.41 Å². The lowest BCUT2D eigenvalue weighted by Gasteiger charge is -2.39. The fourth-order valence-corrected chi connectivity index (χ4v) is 4.38. The highest BCUT2D eigenvalue weighted by atomic mass is 32.2. The summed E-state index contributed by atoms with van der Waals surface area (Å²) in [6.07, 6.45) is 5.65. The summed E-state index contributed by atoms with van der Waals surface area (Å²) < 4.78 is 0. The minimum absolute atomic E-state index is 0.175. The number of rotatable bonds is 5. The second-order valence-corrected chi connectivity index (χ2v) is 7.78. The fourth-order valence-electron chi connectivity index (χ4n) is 3.95. The molecule has 1 atom stereocenters. The monoisotopic (exact) mass is 346 g/mol. The molecule has 1 unspecified atom stereocenters. The van der Waals surface area contributed by atoms with E-state index in [0.717, 1.165) is 45.3 Å². The first-order chi connectivity index (χ1) is 11.6. The number of hydrogen-bond acceptors (Lipinski definition) is 3. The molecule has 130 valence electrons. The van der Waals surface area contributed by atoms with Gasteiger partial charge in [0.25, 0.3) is 0 Å². The fraction of sp³-hybridized carbons (Fsp3) is 0.579. The van der Waals surface area contributed by atoms with Crippen LogP contribution in [0.25, 0.3) is 0 Å². The lowest BCUT2D eigenvalue weighted by molar-refractivity contribution is -0.146. The lowest BCUT2D eigenvalue weighted by Crippen LogP contribution is -2.51. The van der Waals surface area contributed by atoms with Crippen LogP contribution >= 0.6 is 11.8 Å². The zero-order valence-electron chi connectivity index (χ0n) is 14.4. The van der Waals surface area contributed by atoms with Crippen LogP contribution in [0.5, 0.6) is 0 Å². The van der Waals surface area contributed by atoms with Crippen molar-refractivity contribution in [2.24, 2.45) is 5.41 Å². The molecule has 4 nitrogen and oxygen atoms in total. The van der Waals surface area contributed by atoms with Gasteiger partial charge < -0.3 is 9.80 Å². The van der Waals surface area contributed by atoms with Crippen molar-refractivity contribution in [3.63, 3.8) is 0 Å². The summed E-state index contributed by atoms with van der Waals surface area (Å²) in [6, 6.07) is 10.3. The Balaban J connectivity index is 1.62. The maximum atomic E-state index is 13.1. The van der Waals surface area contributed by atoms with Gasteiger partial charge in [0.05, 0.1) is 11.2 Å². The molecule has 2 saturated heterocycles. The molecule has 2 fully saturated rings. The van der Waals surface area contributed by atoms with Crippen LogP contribution in [-0.4, -0.2) is 59.8 Å². The van der Waals surface area contributed by atoms with Crippen LogP contribution in [0.2, 0.25) is 0 Å². The number of hydrogen-bond donors (Lipinski definition) is 0. The number of benzene rings is 1. The first-order valence-electron chi connectivity index (χ1n) is 8.75. The van der Waals surface area contributed by atoms with Gasteiger partial charge in [-0.3, -0.25) is 9.59 Å². The van der Waals surface area contributed by atoms with Crippen molar-refractivity contribution >= 4 is 23.6 Å². The zero-order valence-corrected chi connectivity index (χ0v) is 15.2. The van der Waals surface area contributed by atoms with E-state index in [2.05, 4.69) is 12.1 Å². The summed E-state index contributed by atoms with van der Waals surface area (Å²) in [7, 11) is 0. The first kappa shape index (κ1) is 17.3. The van der Waals surface area contributed by atoms with Crippen molar-refractivity contribution in [1.82, 2.24) is 9.80 Å². The van der Waals surface area contributed by atoms with Gasteiger partial charge in [0.2, 0.25) is 11.8 Å². The van der Waals surface area contributed by atoms with Crippen LogP contribution in [0.1, 0.15) is 24.8 Å². The molecule has 1 spiro atoms. The number of thioether (sulfide) groups is 1. The Kier molecular flexibility index (Phi) is 5.49. The number of carbonyl (C=O) groups is 2. The molecule has 0 bridgehead atoms. The predicted molar refractivity (Wildman–Crippen MR) is 98.0 cm³/mol. The van der Waals surface area contributed by atoms with Crippen molar-refractivity contribution in [3.8, 4) is 0 Å². The number of piperidine rings is 1. The molecule has 0 aromatic heterocycles. The third kappa shape index (κ3) is 3.61. The summed E-state index contributed by atoms with van der Waals surface area (Å²) in [5.41, 5.74) is 0.955. The van der Waals surface area contributed by atoms with Crippen LogP contribution in [-0.2, 0) is 16.0 Å². The third-order valence-corrected chi connectivity index (χ3v) is 5.85. The Bertz CT molecular complexity index is 592. The van der Waals surface area contributed by atoms with Crippen molar-refractivity contribution in [1.29, 1.82) is 0 Å². The summed E-state index contributed by atoms with van der Waals surface area (Å²) in [5, 5.41) is 0. The van der Waals surface area contributed by atoms with Gasteiger partial charge in [0.15, 0.2) is 0 Å². The van der Waals surface area contributed by atoms with Crippen LogP contribution < -0.4 is 0 Å². The van der Waals surface area contributed by atoms with Gasteiger partial charge in [0, 0.05) is 26.2 Å². The van der Waals surface area contributed by atoms with E-state index in [-0.39, 0.29) is 17.2 Å². The third-order valence-electron chi connectivity index (χ3n) is 5.31. The van der Waals surface area contributed by atoms with Gasteiger partial charge >= 0.3 is 0 Å². The molecule has 0 radical (unpaired) electrons. The first-order valence-corrected chi connectivity index (χ1v) is 10.1. The second kappa shape index (κ2) is 7.60. The van der Waals surface area contributed by atoms with E-state index in [0.29, 0.717) is 12.3 Å². The molecule has 2 aliphatic heterocycles. The highest BCUT2D eigenvalue weighted by Gasteiger charge is 2.49. The molecule has 1 aromatic rings.